The van der Waals surface area contributed by atoms with Gasteiger partial charge >= 0.3 is 0 Å². The van der Waals surface area contributed by atoms with Crippen LogP contribution in [-0.2, 0) is 9.53 Å². The molecule has 0 unspecified atom stereocenters. The Kier molecular flexibility index (Phi) is 5.01. The summed E-state index contributed by atoms with van der Waals surface area (Å²) in [5.41, 5.74) is 5.47. The number of nitrogens with zero attached hydrogens (tertiary/aromatic N) is 1. The second kappa shape index (κ2) is 6.39. The highest BCUT2D eigenvalue weighted by Gasteiger charge is 2.41. The molecule has 0 radical (unpaired) electrons. The predicted octanol–water partition coefficient (Wildman–Crippen LogP) is -0.525. The summed E-state index contributed by atoms with van der Waals surface area (Å²) in [5, 5.41) is 19.6. The molecular formula is C14H26N2O4. The van der Waals surface area contributed by atoms with E-state index in [1.165, 1.54) is 0 Å². The summed E-state index contributed by atoms with van der Waals surface area (Å²) in [5.74, 6) is -0.294. The van der Waals surface area contributed by atoms with Gasteiger partial charge in [0.15, 0.2) is 0 Å². The molecule has 2 rings (SSSR count). The fraction of sp³-hybridized carbons (Fsp3) is 0.929. The number of rotatable bonds is 4. The average Bonchev–Trinajstić information content (AvgIpc) is 2.88. The van der Waals surface area contributed by atoms with Gasteiger partial charge in [0.05, 0.1) is 24.9 Å². The van der Waals surface area contributed by atoms with Crippen LogP contribution in [0.5, 0.6) is 0 Å². The van der Waals surface area contributed by atoms with Crippen LogP contribution in [0.15, 0.2) is 0 Å². The van der Waals surface area contributed by atoms with Crippen LogP contribution in [-0.4, -0.2) is 65.1 Å². The number of carbonyl (C=O) groups is 1. The molecule has 0 bridgehead atoms. The zero-order valence-corrected chi connectivity index (χ0v) is 12.1. The molecule has 3 atom stereocenters. The lowest BCUT2D eigenvalue weighted by Crippen LogP contribution is -2.56. The average molecular weight is 286 g/mol. The zero-order valence-electron chi connectivity index (χ0n) is 12.1. The van der Waals surface area contributed by atoms with Crippen molar-refractivity contribution in [1.29, 1.82) is 0 Å². The van der Waals surface area contributed by atoms with Gasteiger partial charge in [0.25, 0.3) is 0 Å². The number of carbonyl (C=O) groups excluding carboxylic acids is 1. The zero-order chi connectivity index (χ0) is 14.8. The fourth-order valence-electron chi connectivity index (χ4n) is 3.19. The van der Waals surface area contributed by atoms with Gasteiger partial charge in [-0.25, -0.2) is 0 Å². The minimum atomic E-state index is -0.874. The molecule has 2 aliphatic rings. The van der Waals surface area contributed by atoms with E-state index in [9.17, 15) is 15.0 Å². The summed E-state index contributed by atoms with van der Waals surface area (Å²) in [6.45, 7) is 3.35. The molecule has 1 amide bonds. The molecule has 1 saturated carbocycles. The number of ether oxygens (including phenoxy) is 1. The summed E-state index contributed by atoms with van der Waals surface area (Å²) >= 11 is 0. The van der Waals surface area contributed by atoms with E-state index < -0.39 is 17.7 Å². The summed E-state index contributed by atoms with van der Waals surface area (Å²) < 4.78 is 5.26. The van der Waals surface area contributed by atoms with Crippen molar-refractivity contribution in [3.63, 3.8) is 0 Å². The molecule has 116 valence electrons. The number of hydrogen-bond donors (Lipinski definition) is 3. The van der Waals surface area contributed by atoms with Crippen LogP contribution in [0.4, 0.5) is 0 Å². The number of hydrogen-bond acceptors (Lipinski definition) is 5. The highest BCUT2D eigenvalue weighted by molar-refractivity contribution is 5.86. The second-order valence-electron chi connectivity index (χ2n) is 6.06. The number of amides is 1. The van der Waals surface area contributed by atoms with Crippen LogP contribution >= 0.6 is 0 Å². The molecule has 2 fully saturated rings. The third-order valence-electron chi connectivity index (χ3n) is 4.54. The van der Waals surface area contributed by atoms with Gasteiger partial charge < -0.3 is 25.6 Å². The Hall–Kier alpha value is -0.690. The predicted molar refractivity (Wildman–Crippen MR) is 74.0 cm³/mol. The molecule has 0 spiro atoms. The first-order chi connectivity index (χ1) is 9.48. The number of nitrogens with two attached hydrogens (primary N) is 1. The van der Waals surface area contributed by atoms with Crippen molar-refractivity contribution in [2.75, 3.05) is 26.3 Å². The minimum Gasteiger partial charge on any atom is -0.390 e. The van der Waals surface area contributed by atoms with Crippen molar-refractivity contribution in [3.8, 4) is 0 Å². The summed E-state index contributed by atoms with van der Waals surface area (Å²) in [6, 6.07) is 0. The van der Waals surface area contributed by atoms with Crippen molar-refractivity contribution in [1.82, 2.24) is 4.90 Å². The number of likely N-dealkylation sites (N-methyl/N-ethyl adjacent to an activating group) is 1. The van der Waals surface area contributed by atoms with Gasteiger partial charge in [-0.2, -0.15) is 0 Å². The van der Waals surface area contributed by atoms with Gasteiger partial charge in [-0.1, -0.05) is 12.8 Å². The van der Waals surface area contributed by atoms with Crippen molar-refractivity contribution >= 4 is 5.91 Å². The monoisotopic (exact) mass is 286 g/mol. The normalized spacial score (nSPS) is 33.1. The van der Waals surface area contributed by atoms with Gasteiger partial charge in [-0.05, 0) is 19.8 Å². The molecule has 0 aromatic carbocycles. The lowest BCUT2D eigenvalue weighted by atomic mass is 9.93. The first kappa shape index (κ1) is 15.7. The minimum absolute atomic E-state index is 0.0373. The van der Waals surface area contributed by atoms with Crippen molar-refractivity contribution in [3.05, 3.63) is 0 Å². The third-order valence-corrected chi connectivity index (χ3v) is 4.54. The molecule has 0 aromatic heterocycles. The third kappa shape index (κ3) is 3.14. The second-order valence-corrected chi connectivity index (χ2v) is 6.06. The van der Waals surface area contributed by atoms with Gasteiger partial charge in [0, 0.05) is 19.0 Å². The fourth-order valence-corrected chi connectivity index (χ4v) is 3.19. The molecule has 6 nitrogen and oxygen atoms in total. The quantitative estimate of drug-likeness (QED) is 0.646. The van der Waals surface area contributed by atoms with Crippen molar-refractivity contribution < 1.29 is 19.7 Å². The van der Waals surface area contributed by atoms with E-state index in [4.69, 9.17) is 10.5 Å². The Morgan fingerprint density at radius 3 is 2.60 bits per heavy atom. The van der Waals surface area contributed by atoms with E-state index in [1.54, 1.807) is 4.90 Å². The molecule has 4 N–H and O–H groups in total. The van der Waals surface area contributed by atoms with Gasteiger partial charge in [0.2, 0.25) is 5.91 Å². The van der Waals surface area contributed by atoms with Crippen LogP contribution in [0, 0.1) is 5.92 Å². The maximum Gasteiger partial charge on any atom is 0.242 e. The van der Waals surface area contributed by atoms with E-state index in [1.807, 2.05) is 6.92 Å². The van der Waals surface area contributed by atoms with Crippen LogP contribution in [0.1, 0.15) is 32.6 Å². The number of aliphatic hydroxyl groups excluding tert-OH is 2. The summed E-state index contributed by atoms with van der Waals surface area (Å²) in [6.07, 6.45) is 1.73. The molecule has 0 aromatic rings. The van der Waals surface area contributed by atoms with E-state index in [0.29, 0.717) is 19.7 Å². The van der Waals surface area contributed by atoms with E-state index in [0.717, 1.165) is 25.7 Å². The number of aliphatic hydroxyl groups is 2. The first-order valence-corrected chi connectivity index (χ1v) is 7.50. The Morgan fingerprint density at radius 2 is 2.00 bits per heavy atom. The molecule has 20 heavy (non-hydrogen) atoms. The molecule has 1 saturated heterocycles. The summed E-state index contributed by atoms with van der Waals surface area (Å²) in [7, 11) is 0. The summed E-state index contributed by atoms with van der Waals surface area (Å²) in [4.78, 5) is 14.3. The highest BCUT2D eigenvalue weighted by atomic mass is 16.5. The first-order valence-electron chi connectivity index (χ1n) is 7.50. The van der Waals surface area contributed by atoms with Gasteiger partial charge in [-0.15, -0.1) is 0 Å². The van der Waals surface area contributed by atoms with Crippen LogP contribution < -0.4 is 5.73 Å². The maximum atomic E-state index is 12.6. The largest absolute Gasteiger partial charge is 0.390 e. The van der Waals surface area contributed by atoms with Crippen molar-refractivity contribution in [2.45, 2.75) is 50.4 Å². The standard InChI is InChI=1S/C14H26N2O4/c1-2-16(13(19)14(15)5-3-4-6-14)7-10-8-20-9-11(17)12(10)18/h10-12,17-18H,2-9,15H2,1H3/t10-,11-,12+/m1/s1. The molecule has 1 aliphatic heterocycles. The van der Waals surface area contributed by atoms with E-state index >= 15 is 0 Å². The van der Waals surface area contributed by atoms with Gasteiger partial charge in [0.1, 0.15) is 6.10 Å². The molecule has 1 heterocycles. The highest BCUT2D eigenvalue weighted by Crippen LogP contribution is 2.29. The SMILES string of the molecule is CCN(C[C@@H]1COC[C@@H](O)[C@H]1O)C(=O)C1(N)CCCC1. The van der Waals surface area contributed by atoms with Crippen molar-refractivity contribution in [2.24, 2.45) is 11.7 Å². The van der Waals surface area contributed by atoms with Gasteiger partial charge in [-0.3, -0.25) is 4.79 Å². The molecular weight excluding hydrogens is 260 g/mol. The Balaban J connectivity index is 1.99. The topological polar surface area (TPSA) is 96.0 Å². The van der Waals surface area contributed by atoms with E-state index in [2.05, 4.69) is 0 Å². The molecule has 1 aliphatic carbocycles. The lowest BCUT2D eigenvalue weighted by Gasteiger charge is -2.37. The van der Waals surface area contributed by atoms with E-state index in [-0.39, 0.29) is 18.4 Å². The van der Waals surface area contributed by atoms with Crippen LogP contribution in [0.3, 0.4) is 0 Å². The Labute approximate surface area is 119 Å². The lowest BCUT2D eigenvalue weighted by molar-refractivity contribution is -0.146. The Morgan fingerprint density at radius 1 is 1.35 bits per heavy atom. The maximum absolute atomic E-state index is 12.6. The molecule has 6 heteroatoms. The Bertz CT molecular complexity index is 344. The van der Waals surface area contributed by atoms with Crippen LogP contribution in [0.2, 0.25) is 0 Å². The smallest absolute Gasteiger partial charge is 0.242 e. The van der Waals surface area contributed by atoms with Crippen LogP contribution in [0.25, 0.3) is 0 Å².